The van der Waals surface area contributed by atoms with Crippen LogP contribution in [0.1, 0.15) is 11.3 Å². The fourth-order valence-electron chi connectivity index (χ4n) is 2.60. The monoisotopic (exact) mass is 485 g/mol. The first kappa shape index (κ1) is 23.4. The second-order valence-corrected chi connectivity index (χ2v) is 8.57. The van der Waals surface area contributed by atoms with E-state index < -0.39 is 39.9 Å². The number of nitrogens with zero attached hydrogens (tertiary/aromatic N) is 2. The molecule has 3 aromatic rings. The number of amides is 1. The minimum atomic E-state index is -4.75. The van der Waals surface area contributed by atoms with Gasteiger partial charge < -0.3 is 4.42 Å². The lowest BCUT2D eigenvalue weighted by atomic mass is 10.2. The predicted molar refractivity (Wildman–Crippen MR) is 112 cm³/mol. The number of halogens is 4. The molecule has 2 aromatic carbocycles. The molecule has 3 rings (SSSR count). The van der Waals surface area contributed by atoms with Gasteiger partial charge in [0.1, 0.15) is 12.3 Å². The van der Waals surface area contributed by atoms with Crippen LogP contribution in [0, 0.1) is 0 Å². The van der Waals surface area contributed by atoms with Crippen LogP contribution < -0.4 is 9.73 Å². The number of hydrogen-bond acceptors (Lipinski definition) is 5. The Morgan fingerprint density at radius 1 is 1.12 bits per heavy atom. The lowest BCUT2D eigenvalue weighted by Gasteiger charge is -2.25. The number of carbonyl (C=O) groups is 1. The van der Waals surface area contributed by atoms with E-state index in [2.05, 4.69) is 10.5 Å². The van der Waals surface area contributed by atoms with Crippen molar-refractivity contribution in [2.24, 2.45) is 5.10 Å². The molecule has 0 fully saturated rings. The summed E-state index contributed by atoms with van der Waals surface area (Å²) in [5, 5.41) is 3.35. The molecule has 0 bridgehead atoms. The summed E-state index contributed by atoms with van der Waals surface area (Å²) in [5.74, 6) is -0.597. The summed E-state index contributed by atoms with van der Waals surface area (Å²) in [5.41, 5.74) is 0.480. The van der Waals surface area contributed by atoms with Crippen LogP contribution in [0.4, 0.5) is 18.9 Å². The van der Waals surface area contributed by atoms with E-state index in [1.165, 1.54) is 36.7 Å². The maximum atomic E-state index is 13.2. The zero-order chi connectivity index (χ0) is 23.4. The second kappa shape index (κ2) is 9.45. The van der Waals surface area contributed by atoms with Gasteiger partial charge in [-0.25, -0.2) is 13.8 Å². The number of furan rings is 1. The van der Waals surface area contributed by atoms with Crippen molar-refractivity contribution in [2.45, 2.75) is 11.1 Å². The largest absolute Gasteiger partial charge is 0.463 e. The Balaban J connectivity index is 1.98. The standard InChI is InChI=1S/C20H15ClF3N3O4S/c21-17-9-8-14(20(22,23)24)11-18(17)27(32(29,30)16-6-2-1-3-7-16)13-19(28)26-25-12-15-5-4-10-31-15/h1-12H,13H2,(H,26,28)/b25-12-. The number of benzene rings is 2. The molecule has 0 aliphatic heterocycles. The minimum absolute atomic E-state index is 0.236. The van der Waals surface area contributed by atoms with Crippen LogP contribution in [-0.2, 0) is 21.0 Å². The van der Waals surface area contributed by atoms with E-state index in [0.29, 0.717) is 22.2 Å². The highest BCUT2D eigenvalue weighted by Gasteiger charge is 2.34. The van der Waals surface area contributed by atoms with E-state index in [4.69, 9.17) is 16.0 Å². The van der Waals surface area contributed by atoms with E-state index in [1.54, 1.807) is 18.2 Å². The van der Waals surface area contributed by atoms with Crippen molar-refractivity contribution in [3.8, 4) is 0 Å². The fourth-order valence-corrected chi connectivity index (χ4v) is 4.32. The number of rotatable bonds is 7. The number of anilines is 1. The van der Waals surface area contributed by atoms with Crippen molar-refractivity contribution in [3.63, 3.8) is 0 Å². The smallest absolute Gasteiger partial charge is 0.416 e. The van der Waals surface area contributed by atoms with Crippen molar-refractivity contribution in [1.29, 1.82) is 0 Å². The summed E-state index contributed by atoms with van der Waals surface area (Å²) in [6.07, 6.45) is -2.20. The number of nitrogens with one attached hydrogen (secondary N) is 1. The summed E-state index contributed by atoms with van der Waals surface area (Å²) in [6, 6.07) is 12.3. The van der Waals surface area contributed by atoms with Crippen LogP contribution >= 0.6 is 11.6 Å². The van der Waals surface area contributed by atoms with Gasteiger partial charge in [-0.3, -0.25) is 9.10 Å². The molecule has 0 saturated carbocycles. The molecule has 0 spiro atoms. The third kappa shape index (κ3) is 5.48. The molecule has 1 heterocycles. The molecular formula is C20H15ClF3N3O4S. The van der Waals surface area contributed by atoms with Crippen molar-refractivity contribution in [2.75, 3.05) is 10.8 Å². The van der Waals surface area contributed by atoms with Crippen LogP contribution in [0.25, 0.3) is 0 Å². The maximum Gasteiger partial charge on any atom is 0.416 e. The summed E-state index contributed by atoms with van der Waals surface area (Å²) in [4.78, 5) is 12.2. The lowest BCUT2D eigenvalue weighted by molar-refractivity contribution is -0.137. The lowest BCUT2D eigenvalue weighted by Crippen LogP contribution is -2.39. The highest BCUT2D eigenvalue weighted by molar-refractivity contribution is 7.92. The molecule has 7 nitrogen and oxygen atoms in total. The number of hydrogen-bond donors (Lipinski definition) is 1. The Morgan fingerprint density at radius 2 is 1.84 bits per heavy atom. The molecule has 0 atom stereocenters. The average Bonchev–Trinajstić information content (AvgIpc) is 3.26. The van der Waals surface area contributed by atoms with E-state index in [1.807, 2.05) is 0 Å². The normalized spacial score (nSPS) is 12.1. The number of sulfonamides is 1. The zero-order valence-corrected chi connectivity index (χ0v) is 17.7. The van der Waals surface area contributed by atoms with Gasteiger partial charge in [0.25, 0.3) is 15.9 Å². The third-order valence-electron chi connectivity index (χ3n) is 4.08. The molecule has 168 valence electrons. The van der Waals surface area contributed by atoms with E-state index in [9.17, 15) is 26.4 Å². The topological polar surface area (TPSA) is 92.0 Å². The van der Waals surface area contributed by atoms with Crippen molar-refractivity contribution >= 4 is 39.4 Å². The Hall–Kier alpha value is -3.31. The number of hydrazone groups is 1. The maximum absolute atomic E-state index is 13.2. The van der Waals surface area contributed by atoms with Gasteiger partial charge in [0.2, 0.25) is 0 Å². The van der Waals surface area contributed by atoms with Gasteiger partial charge in [0.15, 0.2) is 0 Å². The molecular weight excluding hydrogens is 471 g/mol. The van der Waals surface area contributed by atoms with Crippen molar-refractivity contribution in [3.05, 3.63) is 83.3 Å². The molecule has 12 heteroatoms. The highest BCUT2D eigenvalue weighted by Crippen LogP contribution is 2.37. The van der Waals surface area contributed by atoms with Crippen molar-refractivity contribution in [1.82, 2.24) is 5.43 Å². The second-order valence-electron chi connectivity index (χ2n) is 6.30. The van der Waals surface area contributed by atoms with E-state index in [-0.39, 0.29) is 9.92 Å². The quantitative estimate of drug-likeness (QED) is 0.399. The summed E-state index contributed by atoms with van der Waals surface area (Å²) >= 11 is 6.04. The van der Waals surface area contributed by atoms with Gasteiger partial charge in [0.05, 0.1) is 33.6 Å². The molecule has 0 aliphatic rings. The predicted octanol–water partition coefficient (Wildman–Crippen LogP) is 4.30. The first-order valence-corrected chi connectivity index (χ1v) is 10.7. The van der Waals surface area contributed by atoms with Gasteiger partial charge in [0, 0.05) is 0 Å². The van der Waals surface area contributed by atoms with E-state index in [0.717, 1.165) is 6.07 Å². The van der Waals surface area contributed by atoms with Crippen molar-refractivity contribution < 1.29 is 30.8 Å². The third-order valence-corrected chi connectivity index (χ3v) is 6.18. The van der Waals surface area contributed by atoms with Crippen LogP contribution in [0.5, 0.6) is 0 Å². The Bertz CT molecular complexity index is 1210. The van der Waals surface area contributed by atoms with Crippen LogP contribution in [0.3, 0.4) is 0 Å². The average molecular weight is 486 g/mol. The Kier molecular flexibility index (Phi) is 6.90. The number of carbonyl (C=O) groups excluding carboxylic acids is 1. The minimum Gasteiger partial charge on any atom is -0.463 e. The molecule has 1 aromatic heterocycles. The molecule has 1 N–H and O–H groups in total. The SMILES string of the molecule is O=C(CN(c1cc(C(F)(F)F)ccc1Cl)S(=O)(=O)c1ccccc1)N/N=C\c1ccco1. The molecule has 0 aliphatic carbocycles. The molecule has 1 amide bonds. The first-order chi connectivity index (χ1) is 15.1. The molecule has 0 radical (unpaired) electrons. The van der Waals surface area contributed by atoms with Crippen LogP contribution in [0.15, 0.2) is 81.3 Å². The first-order valence-electron chi connectivity index (χ1n) is 8.89. The molecule has 0 unspecified atom stereocenters. The van der Waals surface area contributed by atoms with Gasteiger partial charge in [-0.1, -0.05) is 29.8 Å². The molecule has 0 saturated heterocycles. The van der Waals surface area contributed by atoms with Gasteiger partial charge in [-0.05, 0) is 42.5 Å². The van der Waals surface area contributed by atoms with Gasteiger partial charge in [-0.2, -0.15) is 18.3 Å². The fraction of sp³-hybridized carbons (Fsp3) is 0.100. The summed E-state index contributed by atoms with van der Waals surface area (Å²) in [6.45, 7) is -0.881. The molecule has 32 heavy (non-hydrogen) atoms. The van der Waals surface area contributed by atoms with Gasteiger partial charge in [-0.15, -0.1) is 0 Å². The highest BCUT2D eigenvalue weighted by atomic mass is 35.5. The zero-order valence-electron chi connectivity index (χ0n) is 16.1. The Morgan fingerprint density at radius 3 is 2.47 bits per heavy atom. The Labute approximate surface area is 186 Å². The number of alkyl halides is 3. The summed E-state index contributed by atoms with van der Waals surface area (Å²) < 4.78 is 71.6. The summed E-state index contributed by atoms with van der Waals surface area (Å²) in [7, 11) is -4.45. The van der Waals surface area contributed by atoms with Gasteiger partial charge >= 0.3 is 6.18 Å². The van der Waals surface area contributed by atoms with Crippen LogP contribution in [0.2, 0.25) is 5.02 Å². The van der Waals surface area contributed by atoms with E-state index >= 15 is 0 Å². The van der Waals surface area contributed by atoms with Crippen LogP contribution in [-0.4, -0.2) is 27.1 Å².